The minimum Gasteiger partial charge on any atom is -0.313 e. The summed E-state index contributed by atoms with van der Waals surface area (Å²) in [6.45, 7) is 7.96. The molecule has 1 heterocycles. The Kier molecular flexibility index (Phi) is 9.28. The first-order chi connectivity index (χ1) is 13.6. The van der Waals surface area contributed by atoms with Crippen LogP contribution in [0.1, 0.15) is 46.5 Å². The Morgan fingerprint density at radius 3 is 2.89 bits per heavy atom. The normalized spacial score (nSPS) is 17.4. The number of carbonyl (C=O) groups excluding carboxylic acids is 1. The maximum absolute atomic E-state index is 12.5. The molecule has 3 heteroatoms. The van der Waals surface area contributed by atoms with Crippen LogP contribution in [0.3, 0.4) is 0 Å². The van der Waals surface area contributed by atoms with Crippen molar-refractivity contribution in [3.05, 3.63) is 54.1 Å². The Morgan fingerprint density at radius 1 is 1.36 bits per heavy atom. The van der Waals surface area contributed by atoms with Crippen LogP contribution in [0.2, 0.25) is 0 Å². The molecule has 2 rings (SSSR count). The monoisotopic (exact) mass is 376 g/mol. The summed E-state index contributed by atoms with van der Waals surface area (Å²) in [5, 5.41) is 0. The van der Waals surface area contributed by atoms with Gasteiger partial charge in [-0.2, -0.15) is 0 Å². The van der Waals surface area contributed by atoms with E-state index in [2.05, 4.69) is 48.9 Å². The van der Waals surface area contributed by atoms with Crippen LogP contribution >= 0.6 is 0 Å². The van der Waals surface area contributed by atoms with Gasteiger partial charge in [0.2, 0.25) is 5.91 Å². The third-order valence-corrected chi connectivity index (χ3v) is 4.74. The van der Waals surface area contributed by atoms with Gasteiger partial charge in [0.25, 0.3) is 0 Å². The molecule has 0 bridgehead atoms. The average molecular weight is 377 g/mol. The topological polar surface area (TPSA) is 32.7 Å². The molecule has 1 aliphatic rings. The van der Waals surface area contributed by atoms with Crippen LogP contribution in [0.15, 0.2) is 59.1 Å². The first kappa shape index (κ1) is 21.7. The predicted octanol–water partition coefficient (Wildman–Crippen LogP) is 5.44. The Morgan fingerprint density at radius 2 is 2.14 bits per heavy atom. The van der Waals surface area contributed by atoms with Crippen molar-refractivity contribution in [2.24, 2.45) is 16.8 Å². The first-order valence-electron chi connectivity index (χ1n) is 10.3. The van der Waals surface area contributed by atoms with Crippen molar-refractivity contribution in [2.75, 3.05) is 18.0 Å². The zero-order chi connectivity index (χ0) is 20.2. The van der Waals surface area contributed by atoms with Gasteiger partial charge < -0.3 is 4.90 Å². The number of amides is 1. The van der Waals surface area contributed by atoms with E-state index in [9.17, 15) is 4.79 Å². The number of aliphatic imine (C=N–C) groups is 1. The van der Waals surface area contributed by atoms with Gasteiger partial charge in [-0.25, -0.2) is 0 Å². The van der Waals surface area contributed by atoms with Crippen molar-refractivity contribution in [1.82, 2.24) is 0 Å². The van der Waals surface area contributed by atoms with E-state index in [1.807, 2.05) is 48.4 Å². The molecule has 2 atom stereocenters. The highest BCUT2D eigenvalue weighted by Crippen LogP contribution is 2.15. The van der Waals surface area contributed by atoms with E-state index >= 15 is 0 Å². The van der Waals surface area contributed by atoms with Crippen molar-refractivity contribution in [2.45, 2.75) is 46.5 Å². The van der Waals surface area contributed by atoms with Crippen molar-refractivity contribution in [3.63, 3.8) is 0 Å². The minimum absolute atomic E-state index is 0.166. The van der Waals surface area contributed by atoms with E-state index in [0.717, 1.165) is 37.1 Å². The highest BCUT2D eigenvalue weighted by molar-refractivity contribution is 5.93. The molecule has 1 aromatic rings. The summed E-state index contributed by atoms with van der Waals surface area (Å²) in [6, 6.07) is 9.85. The van der Waals surface area contributed by atoms with Crippen LogP contribution in [0, 0.1) is 23.7 Å². The summed E-state index contributed by atoms with van der Waals surface area (Å²) in [4.78, 5) is 18.7. The Hall–Kier alpha value is -2.60. The van der Waals surface area contributed by atoms with E-state index in [1.165, 1.54) is 0 Å². The lowest BCUT2D eigenvalue weighted by atomic mass is 10.0. The summed E-state index contributed by atoms with van der Waals surface area (Å²) in [5.74, 6) is 7.59. The van der Waals surface area contributed by atoms with Gasteiger partial charge in [0.15, 0.2) is 0 Å². The average Bonchev–Trinajstić information content (AvgIpc) is 2.90. The van der Waals surface area contributed by atoms with Gasteiger partial charge >= 0.3 is 0 Å². The number of benzene rings is 1. The molecule has 0 aromatic heterocycles. The summed E-state index contributed by atoms with van der Waals surface area (Å²) in [7, 11) is 0. The zero-order valence-electron chi connectivity index (χ0n) is 17.4. The maximum Gasteiger partial charge on any atom is 0.227 e. The number of allylic oxidation sites excluding steroid dienone is 4. The number of para-hydroxylation sites is 1. The zero-order valence-corrected chi connectivity index (χ0v) is 17.4. The quantitative estimate of drug-likeness (QED) is 0.460. The van der Waals surface area contributed by atoms with Gasteiger partial charge in [-0.3, -0.25) is 9.79 Å². The SMILES string of the molecule is CCN(C(=O)CC/C=C\[C@H](C)CC#CC1=CC(C)CCN=C1)c1ccccc1. The molecule has 0 N–H and O–H groups in total. The van der Waals surface area contributed by atoms with Crippen LogP contribution in [0.5, 0.6) is 0 Å². The predicted molar refractivity (Wildman–Crippen MR) is 120 cm³/mol. The number of hydrogen-bond donors (Lipinski definition) is 0. The van der Waals surface area contributed by atoms with Crippen molar-refractivity contribution in [3.8, 4) is 11.8 Å². The highest BCUT2D eigenvalue weighted by atomic mass is 16.2. The molecule has 0 saturated heterocycles. The van der Waals surface area contributed by atoms with E-state index < -0.39 is 0 Å². The summed E-state index contributed by atoms with van der Waals surface area (Å²) in [6.07, 6.45) is 11.6. The molecule has 0 radical (unpaired) electrons. The molecule has 1 unspecified atom stereocenters. The van der Waals surface area contributed by atoms with Crippen molar-refractivity contribution >= 4 is 17.8 Å². The summed E-state index contributed by atoms with van der Waals surface area (Å²) >= 11 is 0. The fourth-order valence-electron chi connectivity index (χ4n) is 3.11. The molecule has 148 valence electrons. The fraction of sp³-hybridized carbons (Fsp3) is 0.440. The summed E-state index contributed by atoms with van der Waals surface area (Å²) in [5.41, 5.74) is 2.00. The molecule has 3 nitrogen and oxygen atoms in total. The third kappa shape index (κ3) is 7.56. The number of carbonyl (C=O) groups is 1. The minimum atomic E-state index is 0.166. The van der Waals surface area contributed by atoms with E-state index in [1.54, 1.807) is 0 Å². The molecular formula is C25H32N2O. The van der Waals surface area contributed by atoms with Crippen molar-refractivity contribution < 1.29 is 4.79 Å². The highest BCUT2D eigenvalue weighted by Gasteiger charge is 2.12. The molecule has 1 amide bonds. The number of hydrogen-bond acceptors (Lipinski definition) is 2. The van der Waals surface area contributed by atoms with Crippen LogP contribution in [0.25, 0.3) is 0 Å². The molecule has 0 saturated carbocycles. The third-order valence-electron chi connectivity index (χ3n) is 4.74. The van der Waals surface area contributed by atoms with Gasteiger partial charge in [-0.1, -0.05) is 62.1 Å². The lowest BCUT2D eigenvalue weighted by Crippen LogP contribution is -2.30. The van der Waals surface area contributed by atoms with Crippen molar-refractivity contribution in [1.29, 1.82) is 0 Å². The molecular weight excluding hydrogens is 344 g/mol. The molecule has 28 heavy (non-hydrogen) atoms. The van der Waals surface area contributed by atoms with Crippen LogP contribution in [-0.4, -0.2) is 25.2 Å². The lowest BCUT2D eigenvalue weighted by Gasteiger charge is -2.20. The lowest BCUT2D eigenvalue weighted by molar-refractivity contribution is -0.118. The van der Waals surface area contributed by atoms with Gasteiger partial charge in [0.1, 0.15) is 0 Å². The van der Waals surface area contributed by atoms with E-state index in [-0.39, 0.29) is 5.91 Å². The van der Waals surface area contributed by atoms with E-state index in [4.69, 9.17) is 0 Å². The summed E-state index contributed by atoms with van der Waals surface area (Å²) < 4.78 is 0. The van der Waals surface area contributed by atoms with Gasteiger partial charge in [0, 0.05) is 43.4 Å². The number of nitrogens with zero attached hydrogens (tertiary/aromatic N) is 2. The molecule has 0 spiro atoms. The number of rotatable bonds is 7. The Labute approximate surface area is 170 Å². The Bertz CT molecular complexity index is 765. The van der Waals surface area contributed by atoms with Gasteiger partial charge in [-0.15, -0.1) is 0 Å². The largest absolute Gasteiger partial charge is 0.313 e. The second kappa shape index (κ2) is 12.0. The van der Waals surface area contributed by atoms with Crippen LogP contribution < -0.4 is 4.90 Å². The number of anilines is 1. The molecule has 0 aliphatic carbocycles. The second-order valence-electron chi connectivity index (χ2n) is 7.35. The van der Waals surface area contributed by atoms with Gasteiger partial charge in [0.05, 0.1) is 0 Å². The fourth-order valence-corrected chi connectivity index (χ4v) is 3.11. The maximum atomic E-state index is 12.5. The molecule has 1 aromatic carbocycles. The molecule has 0 fully saturated rings. The van der Waals surface area contributed by atoms with Gasteiger partial charge in [-0.05, 0) is 43.7 Å². The van der Waals surface area contributed by atoms with Crippen LogP contribution in [0.4, 0.5) is 5.69 Å². The second-order valence-corrected chi connectivity index (χ2v) is 7.35. The Balaban J connectivity index is 1.76. The van der Waals surface area contributed by atoms with Crippen LogP contribution in [-0.2, 0) is 4.79 Å². The first-order valence-corrected chi connectivity index (χ1v) is 10.3. The van der Waals surface area contributed by atoms with E-state index in [0.29, 0.717) is 24.8 Å². The molecule has 1 aliphatic heterocycles. The smallest absolute Gasteiger partial charge is 0.227 e. The standard InChI is InChI=1S/C25H32N2O/c1-4-27(24-14-6-5-7-15-24)25(28)16-9-8-11-21(2)12-10-13-23-19-22(3)17-18-26-20-23/h5-8,11,14-15,19-22H,4,9,12,16-18H2,1-3H3/b11-8-/t21-,22?/m0/s1.